The van der Waals surface area contributed by atoms with E-state index in [0.717, 1.165) is 28.8 Å². The fraction of sp³-hybridized carbons (Fsp3) is 0.250. The van der Waals surface area contributed by atoms with Gasteiger partial charge in [-0.25, -0.2) is 0 Å². The van der Waals surface area contributed by atoms with Crippen molar-refractivity contribution in [3.8, 4) is 11.5 Å². The molecule has 0 radical (unpaired) electrons. The minimum atomic E-state index is 0.293. The molecule has 0 aromatic heterocycles. The Bertz CT molecular complexity index is 296. The average molecular weight is 215 g/mol. The maximum atomic E-state index is 9.19. The first-order valence-electron chi connectivity index (χ1n) is 3.41. The molecule has 0 amide bonds. The smallest absolute Gasteiger partial charge is 0.137 e. The van der Waals surface area contributed by atoms with E-state index in [-0.39, 0.29) is 0 Å². The van der Waals surface area contributed by atoms with Gasteiger partial charge in [-0.3, -0.25) is 0 Å². The highest BCUT2D eigenvalue weighted by Crippen LogP contribution is 2.36. The Kier molecular flexibility index (Phi) is 1.53. The summed E-state index contributed by atoms with van der Waals surface area (Å²) in [5.74, 6) is 1.17. The second-order valence-electron chi connectivity index (χ2n) is 2.51. The lowest BCUT2D eigenvalue weighted by molar-refractivity contribution is 0.354. The second-order valence-corrected chi connectivity index (χ2v) is 3.37. The van der Waals surface area contributed by atoms with Crippen molar-refractivity contribution in [2.45, 2.75) is 6.42 Å². The molecule has 0 atom stereocenters. The third-order valence-electron chi connectivity index (χ3n) is 1.72. The van der Waals surface area contributed by atoms with Gasteiger partial charge in [-0.1, -0.05) is 0 Å². The van der Waals surface area contributed by atoms with Crippen LogP contribution in [-0.4, -0.2) is 11.7 Å². The van der Waals surface area contributed by atoms with Gasteiger partial charge in [0.2, 0.25) is 0 Å². The number of phenols is 1. The Morgan fingerprint density at radius 2 is 2.27 bits per heavy atom. The number of ether oxygens (including phenoxy) is 1. The lowest BCUT2D eigenvalue weighted by Gasteiger charge is -2.01. The summed E-state index contributed by atoms with van der Waals surface area (Å²) >= 11 is 3.31. The molecule has 1 aromatic carbocycles. The molecule has 58 valence electrons. The lowest BCUT2D eigenvalue weighted by atomic mass is 10.2. The van der Waals surface area contributed by atoms with Crippen LogP contribution in [0.3, 0.4) is 0 Å². The SMILES string of the molecule is Oc1cc(Br)c2c(c1)CCO2. The van der Waals surface area contributed by atoms with Gasteiger partial charge in [0.25, 0.3) is 0 Å². The zero-order valence-corrected chi connectivity index (χ0v) is 7.39. The largest absolute Gasteiger partial charge is 0.508 e. The van der Waals surface area contributed by atoms with Gasteiger partial charge in [0.15, 0.2) is 0 Å². The van der Waals surface area contributed by atoms with Crippen LogP contribution in [0, 0.1) is 0 Å². The topological polar surface area (TPSA) is 29.5 Å². The summed E-state index contributed by atoms with van der Waals surface area (Å²) in [7, 11) is 0. The summed E-state index contributed by atoms with van der Waals surface area (Å²) in [6.45, 7) is 0.720. The Morgan fingerprint density at radius 3 is 3.09 bits per heavy atom. The van der Waals surface area contributed by atoms with Crippen molar-refractivity contribution in [2.24, 2.45) is 0 Å². The third-order valence-corrected chi connectivity index (χ3v) is 2.31. The quantitative estimate of drug-likeness (QED) is 0.717. The molecule has 2 nitrogen and oxygen atoms in total. The number of halogens is 1. The number of rotatable bonds is 0. The standard InChI is InChI=1S/C8H7BrO2/c9-7-4-6(10)3-5-1-2-11-8(5)7/h3-4,10H,1-2H2. The molecule has 0 fully saturated rings. The normalized spacial score (nSPS) is 14.3. The molecule has 1 heterocycles. The van der Waals surface area contributed by atoms with Crippen LogP contribution >= 0.6 is 15.9 Å². The maximum absolute atomic E-state index is 9.19. The van der Waals surface area contributed by atoms with Gasteiger partial charge in [0, 0.05) is 12.0 Å². The minimum Gasteiger partial charge on any atom is -0.508 e. The Morgan fingerprint density at radius 1 is 1.45 bits per heavy atom. The van der Waals surface area contributed by atoms with Crippen LogP contribution in [0.5, 0.6) is 11.5 Å². The number of hydrogen-bond donors (Lipinski definition) is 1. The first-order valence-corrected chi connectivity index (χ1v) is 4.21. The molecular weight excluding hydrogens is 208 g/mol. The van der Waals surface area contributed by atoms with Crippen molar-refractivity contribution in [1.29, 1.82) is 0 Å². The number of aromatic hydroxyl groups is 1. The number of phenolic OH excluding ortho intramolecular Hbond substituents is 1. The molecule has 1 aromatic rings. The second kappa shape index (κ2) is 2.41. The van der Waals surface area contributed by atoms with Crippen LogP contribution in [0.25, 0.3) is 0 Å². The van der Waals surface area contributed by atoms with E-state index in [0.29, 0.717) is 5.75 Å². The highest BCUT2D eigenvalue weighted by Gasteiger charge is 2.15. The molecule has 1 N–H and O–H groups in total. The highest BCUT2D eigenvalue weighted by atomic mass is 79.9. The van der Waals surface area contributed by atoms with Crippen molar-refractivity contribution in [2.75, 3.05) is 6.61 Å². The molecule has 0 spiro atoms. The van der Waals surface area contributed by atoms with E-state index in [2.05, 4.69) is 15.9 Å². The molecule has 0 unspecified atom stereocenters. The molecule has 11 heavy (non-hydrogen) atoms. The molecule has 0 bridgehead atoms. The molecule has 2 rings (SSSR count). The van der Waals surface area contributed by atoms with Gasteiger partial charge in [-0.05, 0) is 28.1 Å². The minimum absolute atomic E-state index is 0.293. The highest BCUT2D eigenvalue weighted by molar-refractivity contribution is 9.10. The number of hydrogen-bond acceptors (Lipinski definition) is 2. The summed E-state index contributed by atoms with van der Waals surface area (Å²) in [6.07, 6.45) is 0.891. The van der Waals surface area contributed by atoms with Crippen molar-refractivity contribution in [3.05, 3.63) is 22.2 Å². The Balaban J connectivity index is 2.60. The van der Waals surface area contributed by atoms with Crippen molar-refractivity contribution in [1.82, 2.24) is 0 Å². The van der Waals surface area contributed by atoms with E-state index in [1.165, 1.54) is 0 Å². The van der Waals surface area contributed by atoms with Gasteiger partial charge in [-0.15, -0.1) is 0 Å². The fourth-order valence-corrected chi connectivity index (χ4v) is 1.85. The van der Waals surface area contributed by atoms with Gasteiger partial charge < -0.3 is 9.84 Å². The zero-order chi connectivity index (χ0) is 7.84. The average Bonchev–Trinajstić information content (AvgIpc) is 2.34. The molecular formula is C8H7BrO2. The van der Waals surface area contributed by atoms with Crippen LogP contribution < -0.4 is 4.74 Å². The van der Waals surface area contributed by atoms with E-state index in [4.69, 9.17) is 4.74 Å². The Hall–Kier alpha value is -0.700. The lowest BCUT2D eigenvalue weighted by Crippen LogP contribution is -1.86. The van der Waals surface area contributed by atoms with Crippen LogP contribution in [0.15, 0.2) is 16.6 Å². The van der Waals surface area contributed by atoms with E-state index in [9.17, 15) is 5.11 Å². The molecule has 0 aliphatic carbocycles. The van der Waals surface area contributed by atoms with Crippen LogP contribution in [0.4, 0.5) is 0 Å². The summed E-state index contributed by atoms with van der Waals surface area (Å²) in [5, 5.41) is 9.19. The predicted molar refractivity (Wildman–Crippen MR) is 45.0 cm³/mol. The molecule has 1 aliphatic heterocycles. The van der Waals surface area contributed by atoms with Crippen LogP contribution in [0.2, 0.25) is 0 Å². The first-order chi connectivity index (χ1) is 5.27. The van der Waals surface area contributed by atoms with Gasteiger partial charge in [-0.2, -0.15) is 0 Å². The van der Waals surface area contributed by atoms with Gasteiger partial charge in [0.05, 0.1) is 11.1 Å². The van der Waals surface area contributed by atoms with Gasteiger partial charge in [0.1, 0.15) is 11.5 Å². The van der Waals surface area contributed by atoms with Crippen molar-refractivity contribution < 1.29 is 9.84 Å². The van der Waals surface area contributed by atoms with Crippen LogP contribution in [0.1, 0.15) is 5.56 Å². The van der Waals surface area contributed by atoms with Crippen molar-refractivity contribution >= 4 is 15.9 Å². The molecule has 3 heteroatoms. The fourth-order valence-electron chi connectivity index (χ4n) is 1.24. The molecule has 0 saturated carbocycles. The van der Waals surface area contributed by atoms with Gasteiger partial charge >= 0.3 is 0 Å². The molecule has 1 aliphatic rings. The number of fused-ring (bicyclic) bond motifs is 1. The first kappa shape index (κ1) is 6.98. The van der Waals surface area contributed by atoms with Crippen LogP contribution in [-0.2, 0) is 6.42 Å². The maximum Gasteiger partial charge on any atom is 0.137 e. The predicted octanol–water partition coefficient (Wildman–Crippen LogP) is 2.09. The van der Waals surface area contributed by atoms with E-state index in [1.807, 2.05) is 0 Å². The van der Waals surface area contributed by atoms with Crippen molar-refractivity contribution in [3.63, 3.8) is 0 Å². The summed E-state index contributed by atoms with van der Waals surface area (Å²) in [4.78, 5) is 0. The van der Waals surface area contributed by atoms with E-state index in [1.54, 1.807) is 12.1 Å². The zero-order valence-electron chi connectivity index (χ0n) is 5.80. The summed E-state index contributed by atoms with van der Waals surface area (Å²) in [6, 6.07) is 3.39. The monoisotopic (exact) mass is 214 g/mol. The summed E-state index contributed by atoms with van der Waals surface area (Å²) in [5.41, 5.74) is 1.08. The summed E-state index contributed by atoms with van der Waals surface area (Å²) < 4.78 is 6.16. The number of benzene rings is 1. The van der Waals surface area contributed by atoms with E-state index < -0.39 is 0 Å². The third kappa shape index (κ3) is 1.09. The molecule has 0 saturated heterocycles. The Labute approximate surface area is 72.9 Å². The van der Waals surface area contributed by atoms with E-state index >= 15 is 0 Å².